The number of guanidine groups is 1. The zero-order chi connectivity index (χ0) is 16.7. The van der Waals surface area contributed by atoms with Crippen LogP contribution in [0.5, 0.6) is 0 Å². The Morgan fingerprint density at radius 3 is 2.58 bits per heavy atom. The molecule has 1 aliphatic heterocycles. The first kappa shape index (κ1) is 22.0. The molecule has 2 atom stereocenters. The lowest BCUT2D eigenvalue weighted by Gasteiger charge is -2.22. The molecule has 2 rings (SSSR count). The van der Waals surface area contributed by atoms with Crippen LogP contribution in [0.2, 0.25) is 0 Å². The highest BCUT2D eigenvalue weighted by molar-refractivity contribution is 14.0. The number of ether oxygens (including phenoxy) is 1. The number of halogens is 1. The lowest BCUT2D eigenvalue weighted by atomic mass is 10.0. The maximum atomic E-state index is 5.79. The van der Waals surface area contributed by atoms with E-state index in [1.54, 1.807) is 0 Å². The Morgan fingerprint density at radius 1 is 1.25 bits per heavy atom. The molecule has 2 fully saturated rings. The molecule has 2 unspecified atom stereocenters. The summed E-state index contributed by atoms with van der Waals surface area (Å²) in [5.41, 5.74) is 0. The Labute approximate surface area is 165 Å². The van der Waals surface area contributed by atoms with E-state index in [4.69, 9.17) is 4.74 Å². The predicted octanol–water partition coefficient (Wildman–Crippen LogP) is 2.70. The highest BCUT2D eigenvalue weighted by atomic mass is 127. The Balaban J connectivity index is 0.00000288. The maximum Gasteiger partial charge on any atom is 0.190 e. The van der Waals surface area contributed by atoms with Crippen LogP contribution in [0.4, 0.5) is 0 Å². The highest BCUT2D eigenvalue weighted by Gasteiger charge is 2.34. The summed E-state index contributed by atoms with van der Waals surface area (Å²) in [6.07, 6.45) is 5.50. The molecule has 1 heterocycles. The third-order valence-electron chi connectivity index (χ3n) is 5.01. The third-order valence-corrected chi connectivity index (χ3v) is 5.01. The number of hydrogen-bond donors (Lipinski definition) is 2. The van der Waals surface area contributed by atoms with Crippen LogP contribution in [0.1, 0.15) is 46.5 Å². The molecule has 5 nitrogen and oxygen atoms in total. The molecule has 0 radical (unpaired) electrons. The minimum atomic E-state index is 0. The van der Waals surface area contributed by atoms with Gasteiger partial charge in [-0.15, -0.1) is 24.0 Å². The summed E-state index contributed by atoms with van der Waals surface area (Å²) in [5.74, 6) is 2.24. The van der Waals surface area contributed by atoms with Crippen molar-refractivity contribution in [3.63, 3.8) is 0 Å². The van der Waals surface area contributed by atoms with E-state index in [-0.39, 0.29) is 24.0 Å². The first-order valence-corrected chi connectivity index (χ1v) is 9.44. The van der Waals surface area contributed by atoms with E-state index < -0.39 is 0 Å². The Kier molecular flexibility index (Phi) is 10.5. The molecule has 0 aromatic heterocycles. The smallest absolute Gasteiger partial charge is 0.190 e. The van der Waals surface area contributed by atoms with Gasteiger partial charge in [0, 0.05) is 39.3 Å². The molecule has 0 aromatic rings. The summed E-state index contributed by atoms with van der Waals surface area (Å²) < 4.78 is 5.79. The summed E-state index contributed by atoms with van der Waals surface area (Å²) in [5, 5.41) is 6.93. The summed E-state index contributed by atoms with van der Waals surface area (Å²) in [4.78, 5) is 7.01. The quantitative estimate of drug-likeness (QED) is 0.321. The number of nitrogens with one attached hydrogen (secondary N) is 2. The van der Waals surface area contributed by atoms with E-state index >= 15 is 0 Å². The molecular weight excluding hydrogens is 415 g/mol. The molecule has 0 amide bonds. The molecule has 1 aliphatic carbocycles. The summed E-state index contributed by atoms with van der Waals surface area (Å²) in [6.45, 7) is 11.8. The molecular formula is C18H37IN4O. The number of hydrogen-bond acceptors (Lipinski definition) is 3. The van der Waals surface area contributed by atoms with E-state index in [0.29, 0.717) is 12.0 Å². The average Bonchev–Trinajstić information content (AvgIpc) is 3.28. The van der Waals surface area contributed by atoms with Crippen molar-refractivity contribution in [1.82, 2.24) is 15.5 Å². The second-order valence-electron chi connectivity index (χ2n) is 7.29. The minimum absolute atomic E-state index is 0. The van der Waals surface area contributed by atoms with Gasteiger partial charge in [-0.3, -0.25) is 4.99 Å². The highest BCUT2D eigenvalue weighted by Crippen LogP contribution is 2.31. The van der Waals surface area contributed by atoms with Crippen LogP contribution < -0.4 is 10.6 Å². The zero-order valence-corrected chi connectivity index (χ0v) is 18.2. The fourth-order valence-corrected chi connectivity index (χ4v) is 3.42. The molecule has 2 N–H and O–H groups in total. The summed E-state index contributed by atoms with van der Waals surface area (Å²) in [6, 6.07) is 0.906. The topological polar surface area (TPSA) is 48.9 Å². The standard InChI is InChI=1S/C18H36N4O.HI/c1-5-23-17(14(2)3)8-10-20-18(19-4)21-12-15-9-11-22(13-15)16-6-7-16;/h14-17H,5-13H2,1-4H3,(H2,19,20,21);1H. The van der Waals surface area contributed by atoms with Gasteiger partial charge in [-0.1, -0.05) is 13.8 Å². The molecule has 142 valence electrons. The van der Waals surface area contributed by atoms with E-state index in [9.17, 15) is 0 Å². The largest absolute Gasteiger partial charge is 0.378 e. The average molecular weight is 452 g/mol. The van der Waals surface area contributed by atoms with E-state index in [1.807, 2.05) is 7.05 Å². The van der Waals surface area contributed by atoms with Gasteiger partial charge >= 0.3 is 0 Å². The van der Waals surface area contributed by atoms with Crippen molar-refractivity contribution in [2.75, 3.05) is 39.8 Å². The molecule has 1 saturated heterocycles. The van der Waals surface area contributed by atoms with Crippen LogP contribution in [-0.2, 0) is 4.74 Å². The first-order valence-electron chi connectivity index (χ1n) is 9.44. The fraction of sp³-hybridized carbons (Fsp3) is 0.944. The van der Waals surface area contributed by atoms with Crippen LogP contribution in [0.25, 0.3) is 0 Å². The number of nitrogens with zero attached hydrogens (tertiary/aromatic N) is 2. The molecule has 1 saturated carbocycles. The van der Waals surface area contributed by atoms with Crippen molar-refractivity contribution in [2.45, 2.75) is 58.6 Å². The van der Waals surface area contributed by atoms with Gasteiger partial charge in [0.25, 0.3) is 0 Å². The molecule has 0 spiro atoms. The van der Waals surface area contributed by atoms with Crippen LogP contribution >= 0.6 is 24.0 Å². The second-order valence-corrected chi connectivity index (χ2v) is 7.29. The van der Waals surface area contributed by atoms with Gasteiger partial charge in [-0.05, 0) is 51.0 Å². The van der Waals surface area contributed by atoms with Crippen molar-refractivity contribution < 1.29 is 4.74 Å². The molecule has 0 bridgehead atoms. The van der Waals surface area contributed by atoms with Gasteiger partial charge in [0.05, 0.1) is 6.10 Å². The van der Waals surface area contributed by atoms with E-state index in [1.165, 1.54) is 32.4 Å². The predicted molar refractivity (Wildman–Crippen MR) is 112 cm³/mol. The fourth-order valence-electron chi connectivity index (χ4n) is 3.42. The second kappa shape index (κ2) is 11.5. The Hall–Kier alpha value is -0.0800. The Morgan fingerprint density at radius 2 is 2.00 bits per heavy atom. The SMILES string of the molecule is CCOC(CCNC(=NC)NCC1CCN(C2CC2)C1)C(C)C.I. The van der Waals surface area contributed by atoms with Gasteiger partial charge in [-0.25, -0.2) is 0 Å². The van der Waals surface area contributed by atoms with Crippen molar-refractivity contribution in [2.24, 2.45) is 16.8 Å². The number of rotatable bonds is 9. The number of likely N-dealkylation sites (tertiary alicyclic amines) is 1. The minimum Gasteiger partial charge on any atom is -0.378 e. The number of aliphatic imine (C=N–C) groups is 1. The zero-order valence-electron chi connectivity index (χ0n) is 15.9. The van der Waals surface area contributed by atoms with Crippen LogP contribution in [0.3, 0.4) is 0 Å². The molecule has 24 heavy (non-hydrogen) atoms. The third kappa shape index (κ3) is 7.44. The lowest BCUT2D eigenvalue weighted by molar-refractivity contribution is 0.0258. The molecule has 2 aliphatic rings. The van der Waals surface area contributed by atoms with Gasteiger partial charge in [-0.2, -0.15) is 0 Å². The van der Waals surface area contributed by atoms with E-state index in [0.717, 1.165) is 44.0 Å². The van der Waals surface area contributed by atoms with Crippen molar-refractivity contribution in [1.29, 1.82) is 0 Å². The van der Waals surface area contributed by atoms with Crippen molar-refractivity contribution >= 4 is 29.9 Å². The van der Waals surface area contributed by atoms with Crippen molar-refractivity contribution in [3.8, 4) is 0 Å². The van der Waals surface area contributed by atoms with E-state index in [2.05, 4.69) is 41.3 Å². The van der Waals surface area contributed by atoms with Gasteiger partial charge in [0.15, 0.2) is 5.96 Å². The monoisotopic (exact) mass is 452 g/mol. The van der Waals surface area contributed by atoms with Gasteiger partial charge < -0.3 is 20.3 Å². The van der Waals surface area contributed by atoms with Crippen LogP contribution in [-0.4, -0.2) is 62.8 Å². The molecule has 6 heteroatoms. The van der Waals surface area contributed by atoms with Gasteiger partial charge in [0.2, 0.25) is 0 Å². The van der Waals surface area contributed by atoms with Crippen LogP contribution in [0.15, 0.2) is 4.99 Å². The lowest BCUT2D eigenvalue weighted by Crippen LogP contribution is -2.41. The molecule has 0 aromatic carbocycles. The Bertz CT molecular complexity index is 374. The van der Waals surface area contributed by atoms with Crippen LogP contribution in [0, 0.1) is 11.8 Å². The first-order chi connectivity index (χ1) is 11.1. The van der Waals surface area contributed by atoms with Crippen molar-refractivity contribution in [3.05, 3.63) is 0 Å². The normalized spacial score (nSPS) is 23.2. The van der Waals surface area contributed by atoms with Gasteiger partial charge in [0.1, 0.15) is 0 Å². The maximum absolute atomic E-state index is 5.79. The summed E-state index contributed by atoms with van der Waals surface area (Å²) in [7, 11) is 1.85. The summed E-state index contributed by atoms with van der Waals surface area (Å²) >= 11 is 0.